The Morgan fingerprint density at radius 3 is 2.34 bits per heavy atom. The summed E-state index contributed by atoms with van der Waals surface area (Å²) in [5, 5.41) is 6.86. The molecule has 2 heterocycles. The van der Waals surface area contributed by atoms with E-state index >= 15 is 0 Å². The van der Waals surface area contributed by atoms with Gasteiger partial charge in [0.1, 0.15) is 0 Å². The second-order valence-electron chi connectivity index (χ2n) is 7.08. The molecule has 0 saturated heterocycles. The molecule has 4 nitrogen and oxygen atoms in total. The van der Waals surface area contributed by atoms with Crippen LogP contribution < -0.4 is 5.32 Å². The Balaban J connectivity index is 1.49. The van der Waals surface area contributed by atoms with E-state index in [1.165, 1.54) is 11.3 Å². The molecule has 1 N–H and O–H groups in total. The zero-order chi connectivity index (χ0) is 22.1. The lowest BCUT2D eigenvalue weighted by molar-refractivity contribution is 0.102. The number of para-hydroxylation sites is 1. The molecule has 0 atom stereocenters. The van der Waals surface area contributed by atoms with Crippen LogP contribution in [0, 0.1) is 0 Å². The number of thiazole rings is 1. The Labute approximate surface area is 202 Å². The fraction of sp³-hybridized carbons (Fsp3) is 0. The lowest BCUT2D eigenvalue weighted by Crippen LogP contribution is -2.13. The lowest BCUT2D eigenvalue weighted by atomic mass is 10.0. The third-order valence-electron chi connectivity index (χ3n) is 4.97. The summed E-state index contributed by atoms with van der Waals surface area (Å²) >= 11 is 10.9. The first kappa shape index (κ1) is 20.8. The van der Waals surface area contributed by atoms with Gasteiger partial charge in [-0.3, -0.25) is 10.1 Å². The lowest BCUT2D eigenvalue weighted by Gasteiger charge is -2.10. The standard InChI is InChI=1S/C25H15BrClN3OS/c26-17-9-5-16(6-10-17)23-14-32-25(29-23)30-24(31)20-13-22(15-7-11-18(27)12-8-15)28-21-4-2-1-3-19(20)21/h1-14H,(H,29,30,31). The molecular formula is C25H15BrClN3OS. The summed E-state index contributed by atoms with van der Waals surface area (Å²) < 4.78 is 1.01. The molecule has 1 amide bonds. The van der Waals surface area contributed by atoms with E-state index in [0.717, 1.165) is 32.2 Å². The minimum absolute atomic E-state index is 0.226. The molecule has 0 fully saturated rings. The van der Waals surface area contributed by atoms with E-state index in [1.54, 1.807) is 0 Å². The monoisotopic (exact) mass is 519 g/mol. The van der Waals surface area contributed by atoms with Crippen molar-refractivity contribution in [3.8, 4) is 22.5 Å². The van der Waals surface area contributed by atoms with Crippen LogP contribution >= 0.6 is 38.9 Å². The molecule has 0 aliphatic rings. The number of nitrogens with zero attached hydrogens (tertiary/aromatic N) is 2. The van der Waals surface area contributed by atoms with Crippen LogP contribution in [0.1, 0.15) is 10.4 Å². The molecule has 0 bridgehead atoms. The minimum Gasteiger partial charge on any atom is -0.298 e. The number of amides is 1. The molecule has 156 valence electrons. The summed E-state index contributed by atoms with van der Waals surface area (Å²) in [7, 11) is 0. The topological polar surface area (TPSA) is 54.9 Å². The van der Waals surface area contributed by atoms with Crippen LogP contribution in [-0.4, -0.2) is 15.9 Å². The molecule has 0 unspecified atom stereocenters. The van der Waals surface area contributed by atoms with E-state index < -0.39 is 0 Å². The van der Waals surface area contributed by atoms with Gasteiger partial charge < -0.3 is 0 Å². The smallest absolute Gasteiger partial charge is 0.258 e. The molecule has 2 aromatic heterocycles. The number of halogens is 2. The fourth-order valence-electron chi connectivity index (χ4n) is 3.38. The van der Waals surface area contributed by atoms with E-state index in [4.69, 9.17) is 16.6 Å². The van der Waals surface area contributed by atoms with Crippen molar-refractivity contribution in [1.29, 1.82) is 0 Å². The highest BCUT2D eigenvalue weighted by Crippen LogP contribution is 2.29. The average Bonchev–Trinajstić information content (AvgIpc) is 3.27. The summed E-state index contributed by atoms with van der Waals surface area (Å²) in [6, 6.07) is 24.7. The molecule has 0 aliphatic heterocycles. The summed E-state index contributed by atoms with van der Waals surface area (Å²) in [5.74, 6) is -0.226. The summed E-state index contributed by atoms with van der Waals surface area (Å²) in [5.41, 5.74) is 4.70. The van der Waals surface area contributed by atoms with E-state index in [-0.39, 0.29) is 5.91 Å². The normalized spacial score (nSPS) is 10.9. The Morgan fingerprint density at radius 1 is 0.875 bits per heavy atom. The molecule has 5 aromatic rings. The predicted molar refractivity (Wildman–Crippen MR) is 135 cm³/mol. The highest BCUT2D eigenvalue weighted by Gasteiger charge is 2.16. The summed E-state index contributed by atoms with van der Waals surface area (Å²) in [4.78, 5) is 22.6. The zero-order valence-corrected chi connectivity index (χ0v) is 19.7. The molecular weight excluding hydrogens is 506 g/mol. The predicted octanol–water partition coefficient (Wildman–Crippen LogP) is 7.69. The summed E-state index contributed by atoms with van der Waals surface area (Å²) in [6.45, 7) is 0. The molecule has 0 aliphatic carbocycles. The van der Waals surface area contributed by atoms with Crippen molar-refractivity contribution in [1.82, 2.24) is 9.97 Å². The van der Waals surface area contributed by atoms with Crippen molar-refractivity contribution in [2.75, 3.05) is 5.32 Å². The number of carbonyl (C=O) groups excluding carboxylic acids is 1. The maximum absolute atomic E-state index is 13.3. The quantitative estimate of drug-likeness (QED) is 0.264. The van der Waals surface area contributed by atoms with Gasteiger partial charge in [0, 0.05) is 31.4 Å². The van der Waals surface area contributed by atoms with Gasteiger partial charge in [-0.05, 0) is 36.4 Å². The number of hydrogen-bond acceptors (Lipinski definition) is 4. The Bertz CT molecular complexity index is 1430. The number of pyridine rings is 1. The van der Waals surface area contributed by atoms with Gasteiger partial charge in [0.05, 0.1) is 22.5 Å². The Morgan fingerprint density at radius 2 is 1.56 bits per heavy atom. The number of benzene rings is 3. The second-order valence-corrected chi connectivity index (χ2v) is 9.29. The highest BCUT2D eigenvalue weighted by atomic mass is 79.9. The molecule has 0 saturated carbocycles. The molecule has 32 heavy (non-hydrogen) atoms. The highest BCUT2D eigenvalue weighted by molar-refractivity contribution is 9.10. The van der Waals surface area contributed by atoms with Gasteiger partial charge >= 0.3 is 0 Å². The first-order chi connectivity index (χ1) is 15.6. The van der Waals surface area contributed by atoms with Crippen molar-refractivity contribution in [2.24, 2.45) is 0 Å². The number of hydrogen-bond donors (Lipinski definition) is 1. The van der Waals surface area contributed by atoms with Crippen molar-refractivity contribution < 1.29 is 4.79 Å². The number of nitrogens with one attached hydrogen (secondary N) is 1. The molecule has 0 spiro atoms. The van der Waals surface area contributed by atoms with E-state index in [1.807, 2.05) is 84.2 Å². The Kier molecular flexibility index (Phi) is 5.74. The van der Waals surface area contributed by atoms with Crippen LogP contribution in [0.3, 0.4) is 0 Å². The molecule has 3 aromatic carbocycles. The molecule has 5 rings (SSSR count). The van der Waals surface area contributed by atoms with Crippen LogP contribution in [0.5, 0.6) is 0 Å². The Hall–Kier alpha value is -3.06. The fourth-order valence-corrected chi connectivity index (χ4v) is 4.49. The second kappa shape index (κ2) is 8.82. The van der Waals surface area contributed by atoms with Crippen LogP contribution in [0.4, 0.5) is 5.13 Å². The van der Waals surface area contributed by atoms with Gasteiger partial charge in [-0.1, -0.05) is 70.0 Å². The third-order valence-corrected chi connectivity index (χ3v) is 6.50. The minimum atomic E-state index is -0.226. The van der Waals surface area contributed by atoms with Gasteiger partial charge in [0.2, 0.25) is 0 Å². The van der Waals surface area contributed by atoms with Crippen LogP contribution in [0.25, 0.3) is 33.4 Å². The van der Waals surface area contributed by atoms with Crippen molar-refractivity contribution in [3.05, 3.63) is 99.3 Å². The maximum Gasteiger partial charge on any atom is 0.258 e. The van der Waals surface area contributed by atoms with Crippen LogP contribution in [-0.2, 0) is 0 Å². The van der Waals surface area contributed by atoms with Crippen LogP contribution in [0.2, 0.25) is 5.02 Å². The SMILES string of the molecule is O=C(Nc1nc(-c2ccc(Br)cc2)cs1)c1cc(-c2ccc(Cl)cc2)nc2ccccc12. The number of anilines is 1. The van der Waals surface area contributed by atoms with E-state index in [0.29, 0.717) is 21.4 Å². The van der Waals surface area contributed by atoms with Crippen LogP contribution in [0.15, 0.2) is 88.7 Å². The van der Waals surface area contributed by atoms with Gasteiger partial charge in [-0.2, -0.15) is 0 Å². The van der Waals surface area contributed by atoms with Gasteiger partial charge in [0.25, 0.3) is 5.91 Å². The van der Waals surface area contributed by atoms with Gasteiger partial charge in [-0.15, -0.1) is 11.3 Å². The number of carbonyl (C=O) groups is 1. The first-order valence-corrected chi connectivity index (χ1v) is 11.8. The average molecular weight is 521 g/mol. The third kappa shape index (κ3) is 4.30. The van der Waals surface area contributed by atoms with E-state index in [2.05, 4.69) is 26.2 Å². The number of fused-ring (bicyclic) bond motifs is 1. The zero-order valence-electron chi connectivity index (χ0n) is 16.5. The first-order valence-electron chi connectivity index (χ1n) is 9.75. The molecule has 7 heteroatoms. The van der Waals surface area contributed by atoms with E-state index in [9.17, 15) is 4.79 Å². The van der Waals surface area contributed by atoms with Crippen molar-refractivity contribution in [3.63, 3.8) is 0 Å². The maximum atomic E-state index is 13.3. The van der Waals surface area contributed by atoms with Gasteiger partial charge in [0.15, 0.2) is 5.13 Å². The van der Waals surface area contributed by atoms with Crippen molar-refractivity contribution in [2.45, 2.75) is 0 Å². The number of aromatic nitrogens is 2. The summed E-state index contributed by atoms with van der Waals surface area (Å²) in [6.07, 6.45) is 0. The van der Waals surface area contributed by atoms with Crippen molar-refractivity contribution >= 4 is 60.8 Å². The largest absolute Gasteiger partial charge is 0.298 e. The number of rotatable bonds is 4. The molecule has 0 radical (unpaired) electrons. The van der Waals surface area contributed by atoms with Gasteiger partial charge in [-0.25, -0.2) is 9.97 Å².